The Balaban J connectivity index is 2.04. The molecule has 0 atom stereocenters. The number of imide groups is 1. The lowest BCUT2D eigenvalue weighted by Crippen LogP contribution is -2.36. The number of anilines is 1. The molecule has 3 amide bonds. The van der Waals surface area contributed by atoms with Gasteiger partial charge in [-0.1, -0.05) is 11.6 Å². The summed E-state index contributed by atoms with van der Waals surface area (Å²) in [6.45, 7) is 3.21. The lowest BCUT2D eigenvalue weighted by molar-refractivity contribution is -0.127. The van der Waals surface area contributed by atoms with Crippen LogP contribution >= 0.6 is 11.8 Å². The van der Waals surface area contributed by atoms with Gasteiger partial charge in [0.2, 0.25) is 5.91 Å². The third-order valence-corrected chi connectivity index (χ3v) is 4.14. The van der Waals surface area contributed by atoms with E-state index in [2.05, 4.69) is 5.32 Å². The van der Waals surface area contributed by atoms with Gasteiger partial charge in [-0.2, -0.15) is 0 Å². The summed E-state index contributed by atoms with van der Waals surface area (Å²) in [7, 11) is 1.53. The van der Waals surface area contributed by atoms with Crippen LogP contribution in [0.25, 0.3) is 0 Å². The molecular weight excluding hydrogens is 304 g/mol. The molecule has 1 aromatic carbocycles. The number of carbonyl (C=O) groups excluding carboxylic acids is 3. The van der Waals surface area contributed by atoms with Gasteiger partial charge in [-0.3, -0.25) is 19.3 Å². The maximum Gasteiger partial charge on any atom is 0.294 e. The van der Waals surface area contributed by atoms with E-state index in [0.717, 1.165) is 22.2 Å². The minimum absolute atomic E-state index is 0.307. The zero-order chi connectivity index (χ0) is 16.3. The van der Waals surface area contributed by atoms with Gasteiger partial charge in [-0.25, -0.2) is 0 Å². The number of amides is 3. The molecule has 0 aliphatic carbocycles. The van der Waals surface area contributed by atoms with E-state index in [0.29, 0.717) is 16.3 Å². The fourth-order valence-corrected chi connectivity index (χ4v) is 2.72. The maximum atomic E-state index is 12.1. The smallest absolute Gasteiger partial charge is 0.294 e. The van der Waals surface area contributed by atoms with E-state index in [1.54, 1.807) is 38.1 Å². The Morgan fingerprint density at radius 1 is 1.32 bits per heavy atom. The van der Waals surface area contributed by atoms with E-state index in [1.807, 2.05) is 0 Å². The number of hydrogen-bond donors (Lipinski definition) is 1. The minimum atomic E-state index is -0.439. The van der Waals surface area contributed by atoms with Gasteiger partial charge < -0.3 is 10.1 Å². The van der Waals surface area contributed by atoms with E-state index in [9.17, 15) is 14.4 Å². The SMILES string of the molecule is COc1cccc(NC(=O)CN2C(=O)SC(=C(C)C)C2=O)c1. The fraction of sp³-hybridized carbons (Fsp3) is 0.267. The number of methoxy groups -OCH3 is 1. The van der Waals surface area contributed by atoms with Crippen molar-refractivity contribution in [2.45, 2.75) is 13.8 Å². The van der Waals surface area contributed by atoms with Crippen molar-refractivity contribution >= 4 is 34.5 Å². The van der Waals surface area contributed by atoms with E-state index < -0.39 is 17.1 Å². The molecule has 0 aromatic heterocycles. The van der Waals surface area contributed by atoms with Crippen molar-refractivity contribution in [3.8, 4) is 5.75 Å². The Morgan fingerprint density at radius 3 is 2.64 bits per heavy atom. The molecule has 0 bridgehead atoms. The summed E-state index contributed by atoms with van der Waals surface area (Å²) >= 11 is 0.861. The highest BCUT2D eigenvalue weighted by Gasteiger charge is 2.36. The molecule has 6 nitrogen and oxygen atoms in total. The summed E-state index contributed by atoms with van der Waals surface area (Å²) in [5.74, 6) is -0.255. The number of allylic oxidation sites excluding steroid dienone is 1. The monoisotopic (exact) mass is 320 g/mol. The molecule has 0 radical (unpaired) electrons. The van der Waals surface area contributed by atoms with Crippen molar-refractivity contribution in [3.05, 3.63) is 34.7 Å². The van der Waals surface area contributed by atoms with Crippen molar-refractivity contribution in [3.63, 3.8) is 0 Å². The van der Waals surface area contributed by atoms with Gasteiger partial charge in [0.25, 0.3) is 11.1 Å². The van der Waals surface area contributed by atoms with Gasteiger partial charge in [0.15, 0.2) is 0 Å². The van der Waals surface area contributed by atoms with Gasteiger partial charge >= 0.3 is 0 Å². The van der Waals surface area contributed by atoms with Crippen LogP contribution in [-0.2, 0) is 9.59 Å². The molecule has 0 unspecified atom stereocenters. The van der Waals surface area contributed by atoms with Crippen molar-refractivity contribution in [1.82, 2.24) is 4.90 Å². The predicted octanol–water partition coefficient (Wildman–Crippen LogP) is 2.62. The van der Waals surface area contributed by atoms with Crippen molar-refractivity contribution in [2.24, 2.45) is 0 Å². The highest BCUT2D eigenvalue weighted by atomic mass is 32.2. The van der Waals surface area contributed by atoms with Crippen LogP contribution in [0.2, 0.25) is 0 Å². The van der Waals surface area contributed by atoms with Crippen molar-refractivity contribution < 1.29 is 19.1 Å². The number of ether oxygens (including phenoxy) is 1. The summed E-state index contributed by atoms with van der Waals surface area (Å²) in [5, 5.41) is 2.21. The van der Waals surface area contributed by atoms with Gasteiger partial charge in [0, 0.05) is 11.8 Å². The number of rotatable bonds is 4. The molecular formula is C15H16N2O4S. The summed E-state index contributed by atoms with van der Waals surface area (Å²) in [6, 6.07) is 6.84. The first-order valence-electron chi connectivity index (χ1n) is 6.57. The van der Waals surface area contributed by atoms with E-state index in [4.69, 9.17) is 4.74 Å². The molecule has 1 fully saturated rings. The van der Waals surface area contributed by atoms with Crippen molar-refractivity contribution in [1.29, 1.82) is 0 Å². The zero-order valence-electron chi connectivity index (χ0n) is 12.5. The second kappa shape index (κ2) is 6.65. The molecule has 22 heavy (non-hydrogen) atoms. The molecule has 1 aliphatic rings. The van der Waals surface area contributed by atoms with Crippen LogP contribution in [-0.4, -0.2) is 35.6 Å². The molecule has 7 heteroatoms. The van der Waals surface area contributed by atoms with Crippen LogP contribution in [0.3, 0.4) is 0 Å². The normalized spacial score (nSPS) is 14.3. The largest absolute Gasteiger partial charge is 0.497 e. The Bertz CT molecular complexity index is 665. The Labute approximate surface area is 132 Å². The predicted molar refractivity (Wildman–Crippen MR) is 84.7 cm³/mol. The lowest BCUT2D eigenvalue weighted by Gasteiger charge is -2.13. The first kappa shape index (κ1) is 16.1. The first-order valence-corrected chi connectivity index (χ1v) is 7.39. The highest BCUT2D eigenvalue weighted by molar-refractivity contribution is 8.18. The van der Waals surface area contributed by atoms with Crippen molar-refractivity contribution in [2.75, 3.05) is 19.0 Å². The molecule has 116 valence electrons. The number of nitrogens with zero attached hydrogens (tertiary/aromatic N) is 1. The van der Waals surface area contributed by atoms with Crippen LogP contribution in [0.5, 0.6) is 5.75 Å². The Morgan fingerprint density at radius 2 is 2.05 bits per heavy atom. The zero-order valence-corrected chi connectivity index (χ0v) is 13.3. The van der Waals surface area contributed by atoms with Crippen LogP contribution < -0.4 is 10.1 Å². The molecule has 2 rings (SSSR count). The Hall–Kier alpha value is -2.28. The summed E-state index contributed by atoms with van der Waals surface area (Å²) < 4.78 is 5.07. The number of hydrogen-bond acceptors (Lipinski definition) is 5. The molecule has 1 aromatic rings. The number of thioether (sulfide) groups is 1. The lowest BCUT2D eigenvalue weighted by atomic mass is 10.3. The van der Waals surface area contributed by atoms with Gasteiger partial charge in [0.05, 0.1) is 12.0 Å². The maximum absolute atomic E-state index is 12.1. The van der Waals surface area contributed by atoms with Gasteiger partial charge in [-0.15, -0.1) is 0 Å². The molecule has 1 heterocycles. The van der Waals surface area contributed by atoms with Crippen LogP contribution in [0.15, 0.2) is 34.7 Å². The summed E-state index contributed by atoms with van der Waals surface area (Å²) in [5.41, 5.74) is 1.30. The van der Waals surface area contributed by atoms with E-state index >= 15 is 0 Å². The number of benzene rings is 1. The second-order valence-electron chi connectivity index (χ2n) is 4.87. The first-order chi connectivity index (χ1) is 10.4. The van der Waals surface area contributed by atoms with Crippen LogP contribution in [0.1, 0.15) is 13.8 Å². The summed E-state index contributed by atoms with van der Waals surface area (Å²) in [4.78, 5) is 37.2. The summed E-state index contributed by atoms with van der Waals surface area (Å²) in [6.07, 6.45) is 0. The Kier molecular flexibility index (Phi) is 4.87. The quantitative estimate of drug-likeness (QED) is 0.863. The highest BCUT2D eigenvalue weighted by Crippen LogP contribution is 2.32. The molecule has 1 saturated heterocycles. The molecule has 0 saturated carbocycles. The topological polar surface area (TPSA) is 75.7 Å². The van der Waals surface area contributed by atoms with Crippen LogP contribution in [0, 0.1) is 0 Å². The average molecular weight is 320 g/mol. The van der Waals surface area contributed by atoms with Gasteiger partial charge in [0.1, 0.15) is 12.3 Å². The molecule has 1 aliphatic heterocycles. The second-order valence-corrected chi connectivity index (χ2v) is 5.83. The average Bonchev–Trinajstić information content (AvgIpc) is 2.75. The minimum Gasteiger partial charge on any atom is -0.497 e. The fourth-order valence-electron chi connectivity index (χ4n) is 1.89. The van der Waals surface area contributed by atoms with Gasteiger partial charge in [-0.05, 0) is 37.7 Å². The van der Waals surface area contributed by atoms with Crippen LogP contribution in [0.4, 0.5) is 10.5 Å². The third kappa shape index (κ3) is 3.48. The molecule has 1 N–H and O–H groups in total. The number of carbonyl (C=O) groups is 3. The standard InChI is InChI=1S/C15H16N2O4S/c1-9(2)13-14(19)17(15(20)22-13)8-12(18)16-10-5-4-6-11(7-10)21-3/h4-7H,8H2,1-3H3,(H,16,18). The molecule has 0 spiro atoms. The third-order valence-electron chi connectivity index (χ3n) is 2.96. The van der Waals surface area contributed by atoms with E-state index in [-0.39, 0.29) is 6.54 Å². The number of nitrogens with one attached hydrogen (secondary N) is 1. The van der Waals surface area contributed by atoms with E-state index in [1.165, 1.54) is 7.11 Å².